The highest BCUT2D eigenvalue weighted by atomic mass is 35.5. The average molecular weight is 300 g/mol. The molecule has 0 radical (unpaired) electrons. The molecule has 2 heterocycles. The second-order valence-corrected chi connectivity index (χ2v) is 7.05. The zero-order chi connectivity index (χ0) is 12.6. The maximum atomic E-state index is 12.3. The van der Waals surface area contributed by atoms with Crippen LogP contribution in [0, 0.1) is 5.92 Å². The van der Waals surface area contributed by atoms with Crippen LogP contribution in [-0.4, -0.2) is 27.7 Å². The third-order valence-electron chi connectivity index (χ3n) is 3.69. The Labute approximate surface area is 117 Å². The van der Waals surface area contributed by atoms with Gasteiger partial charge in [0.1, 0.15) is 6.10 Å². The molecule has 0 amide bonds. The smallest absolute Gasteiger partial charge is 0.197 e. The van der Waals surface area contributed by atoms with Gasteiger partial charge in [-0.05, 0) is 31.6 Å². The van der Waals surface area contributed by atoms with E-state index in [2.05, 4.69) is 0 Å². The predicted octanol–water partition coefficient (Wildman–Crippen LogP) is 3.70. The average Bonchev–Trinajstić information content (AvgIpc) is 2.28. The summed E-state index contributed by atoms with van der Waals surface area (Å²) in [6.07, 6.45) is 3.53. The van der Waals surface area contributed by atoms with Gasteiger partial charge >= 0.3 is 0 Å². The van der Waals surface area contributed by atoms with Crippen molar-refractivity contribution in [2.24, 2.45) is 5.92 Å². The van der Waals surface area contributed by atoms with Crippen LogP contribution in [0.25, 0.3) is 0 Å². The Morgan fingerprint density at radius 2 is 2.12 bits per heavy atom. The van der Waals surface area contributed by atoms with E-state index in [9.17, 15) is 4.79 Å². The van der Waals surface area contributed by atoms with E-state index in [4.69, 9.17) is 39.5 Å². The lowest BCUT2D eigenvalue weighted by Gasteiger charge is -2.45. The number of hydrogen-bond donors (Lipinski definition) is 0. The summed E-state index contributed by atoms with van der Waals surface area (Å²) in [5.41, 5.74) is 0. The second kappa shape index (κ2) is 5.24. The molecule has 2 saturated heterocycles. The summed E-state index contributed by atoms with van der Waals surface area (Å²) in [6.45, 7) is 1.95. The molecule has 98 valence electrons. The Morgan fingerprint density at radius 3 is 2.59 bits per heavy atom. The van der Waals surface area contributed by atoms with Crippen LogP contribution in [0.3, 0.4) is 0 Å². The number of halogens is 3. The molecule has 1 aliphatic carbocycles. The first-order valence-corrected chi connectivity index (χ1v) is 7.36. The minimum Gasteiger partial charge on any atom is -0.365 e. The van der Waals surface area contributed by atoms with E-state index < -0.39 is 10.4 Å². The van der Waals surface area contributed by atoms with Gasteiger partial charge in [-0.2, -0.15) is 0 Å². The molecule has 3 rings (SSSR count). The van der Waals surface area contributed by atoms with Gasteiger partial charge in [0.25, 0.3) is 0 Å². The minimum absolute atomic E-state index is 0.0126. The first-order chi connectivity index (χ1) is 7.95. The highest BCUT2D eigenvalue weighted by Crippen LogP contribution is 2.43. The molecular formula is C12H17Cl3O2. The first kappa shape index (κ1) is 13.9. The molecule has 0 aromatic carbocycles. The van der Waals surface area contributed by atoms with Crippen LogP contribution in [0.15, 0.2) is 0 Å². The lowest BCUT2D eigenvalue weighted by Crippen LogP contribution is -2.53. The van der Waals surface area contributed by atoms with Crippen LogP contribution in [0.4, 0.5) is 0 Å². The highest BCUT2D eigenvalue weighted by molar-refractivity contribution is 6.58. The Morgan fingerprint density at radius 1 is 1.41 bits per heavy atom. The van der Waals surface area contributed by atoms with Gasteiger partial charge in [0.15, 0.2) is 10.1 Å². The zero-order valence-electron chi connectivity index (χ0n) is 9.80. The highest BCUT2D eigenvalue weighted by Gasteiger charge is 2.49. The largest absolute Gasteiger partial charge is 0.365 e. The fraction of sp³-hybridized carbons (Fsp3) is 0.917. The van der Waals surface area contributed by atoms with Gasteiger partial charge in [-0.1, -0.05) is 36.5 Å². The van der Waals surface area contributed by atoms with Crippen LogP contribution < -0.4 is 0 Å². The van der Waals surface area contributed by atoms with Crippen molar-refractivity contribution in [3.05, 3.63) is 0 Å². The van der Waals surface area contributed by atoms with Crippen molar-refractivity contribution < 1.29 is 9.53 Å². The van der Waals surface area contributed by atoms with Crippen LogP contribution >= 0.6 is 34.8 Å². The lowest BCUT2D eigenvalue weighted by atomic mass is 9.78. The topological polar surface area (TPSA) is 26.3 Å². The van der Waals surface area contributed by atoms with Crippen molar-refractivity contribution in [3.63, 3.8) is 0 Å². The molecule has 2 nitrogen and oxygen atoms in total. The maximum absolute atomic E-state index is 12.3. The molecule has 3 aliphatic rings. The van der Waals surface area contributed by atoms with Crippen LogP contribution in [0.2, 0.25) is 0 Å². The van der Waals surface area contributed by atoms with Crippen molar-refractivity contribution in [2.45, 2.75) is 60.9 Å². The molecule has 17 heavy (non-hydrogen) atoms. The van der Waals surface area contributed by atoms with Gasteiger partial charge in [0.05, 0.1) is 11.5 Å². The number of Topliss-reactive ketones (excluding diaryl/α,β-unsaturated/α-hetero) is 1. The Bertz CT molecular complexity index is 306. The summed E-state index contributed by atoms with van der Waals surface area (Å²) < 4.78 is 4.43. The van der Waals surface area contributed by atoms with Crippen LogP contribution in [0.1, 0.15) is 39.0 Å². The zero-order valence-corrected chi connectivity index (χ0v) is 12.1. The minimum atomic E-state index is -1.31. The second-order valence-electron chi connectivity index (χ2n) is 5.00. The van der Waals surface area contributed by atoms with E-state index in [0.717, 1.165) is 25.7 Å². The van der Waals surface area contributed by atoms with Gasteiger partial charge < -0.3 is 4.74 Å². The van der Waals surface area contributed by atoms with Crippen molar-refractivity contribution >= 4 is 40.6 Å². The number of carbonyl (C=O) groups excluding carboxylic acids is 1. The van der Waals surface area contributed by atoms with Crippen LogP contribution in [-0.2, 0) is 9.53 Å². The van der Waals surface area contributed by atoms with Gasteiger partial charge in [-0.3, -0.25) is 4.79 Å². The number of alkyl halides is 3. The van der Waals surface area contributed by atoms with E-state index in [-0.39, 0.29) is 23.2 Å². The first-order valence-electron chi connectivity index (χ1n) is 6.17. The van der Waals surface area contributed by atoms with Crippen molar-refractivity contribution in [1.29, 1.82) is 0 Å². The molecule has 0 aromatic rings. The molecule has 4 unspecified atom stereocenters. The third-order valence-corrected chi connectivity index (χ3v) is 4.90. The van der Waals surface area contributed by atoms with Crippen molar-refractivity contribution in [3.8, 4) is 0 Å². The third kappa shape index (κ3) is 2.75. The molecule has 0 spiro atoms. The van der Waals surface area contributed by atoms with E-state index in [0.29, 0.717) is 6.42 Å². The molecular weight excluding hydrogens is 282 g/mol. The van der Waals surface area contributed by atoms with E-state index in [1.807, 2.05) is 6.92 Å². The molecule has 0 N–H and O–H groups in total. The number of fused-ring (bicyclic) bond motifs is 3. The molecule has 4 atom stereocenters. The molecule has 2 bridgehead atoms. The van der Waals surface area contributed by atoms with Crippen LogP contribution in [0.5, 0.6) is 0 Å². The Kier molecular flexibility index (Phi) is 4.29. The van der Waals surface area contributed by atoms with E-state index >= 15 is 0 Å². The molecule has 2 aliphatic heterocycles. The molecule has 0 aromatic heterocycles. The summed E-state index contributed by atoms with van der Waals surface area (Å²) in [6, 6.07) is 0. The summed E-state index contributed by atoms with van der Waals surface area (Å²) in [4.78, 5) is 12.3. The number of carbonyl (C=O) groups is 1. The molecule has 1 saturated carbocycles. The number of rotatable bonds is 4. The number of ketones is 1. The monoisotopic (exact) mass is 298 g/mol. The SMILES string of the molecule is CCCC(Cl)(Cl)C(=O)C1OC2CCC1CC2Cl. The molecule has 3 fully saturated rings. The number of ether oxygens (including phenoxy) is 1. The fourth-order valence-electron chi connectivity index (χ4n) is 2.77. The van der Waals surface area contributed by atoms with Gasteiger partial charge in [0, 0.05) is 0 Å². The normalized spacial score (nSPS) is 37.2. The summed E-state index contributed by atoms with van der Waals surface area (Å²) in [5, 5.41) is 0.0315. The summed E-state index contributed by atoms with van der Waals surface area (Å²) in [7, 11) is 0. The Balaban J connectivity index is 2.06. The fourth-order valence-corrected chi connectivity index (χ4v) is 3.77. The standard InChI is InChI=1S/C12H17Cl3O2/c1-2-5-12(14,15)11(16)10-7-3-4-9(17-10)8(13)6-7/h7-10H,2-6H2,1H3. The predicted molar refractivity (Wildman–Crippen MR) is 70.0 cm³/mol. The van der Waals surface area contributed by atoms with Gasteiger partial charge in [-0.15, -0.1) is 11.6 Å². The van der Waals surface area contributed by atoms with Gasteiger partial charge in [-0.25, -0.2) is 0 Å². The number of hydrogen-bond acceptors (Lipinski definition) is 2. The van der Waals surface area contributed by atoms with E-state index in [1.165, 1.54) is 0 Å². The van der Waals surface area contributed by atoms with Crippen molar-refractivity contribution in [2.75, 3.05) is 0 Å². The van der Waals surface area contributed by atoms with Gasteiger partial charge in [0.2, 0.25) is 0 Å². The summed E-state index contributed by atoms with van der Waals surface area (Å²) >= 11 is 18.3. The Hall–Kier alpha value is 0.500. The maximum Gasteiger partial charge on any atom is 0.197 e. The van der Waals surface area contributed by atoms with E-state index in [1.54, 1.807) is 0 Å². The quantitative estimate of drug-likeness (QED) is 0.740. The summed E-state index contributed by atoms with van der Waals surface area (Å²) in [5.74, 6) is 0.00433. The van der Waals surface area contributed by atoms with Crippen molar-refractivity contribution in [1.82, 2.24) is 0 Å². The molecule has 5 heteroatoms. The lowest BCUT2D eigenvalue weighted by molar-refractivity contribution is -0.158.